The standard InChI is InChI=1S/C13H17ClN2O3/c1-2-3-6-16(8-12(15)17)9-4-5-10(13(18)19)11(14)7-9/h4-5,7H,2-3,6,8H2,1H3,(H2,15,17)(H,18,19). The van der Waals surface area contributed by atoms with Crippen molar-refractivity contribution in [1.29, 1.82) is 0 Å². The molecule has 6 heteroatoms. The van der Waals surface area contributed by atoms with Crippen molar-refractivity contribution in [2.24, 2.45) is 5.73 Å². The number of nitrogens with two attached hydrogens (primary N) is 1. The number of benzene rings is 1. The topological polar surface area (TPSA) is 83.6 Å². The Hall–Kier alpha value is -1.75. The van der Waals surface area contributed by atoms with E-state index in [-0.39, 0.29) is 17.1 Å². The fraction of sp³-hybridized carbons (Fsp3) is 0.385. The second-order valence-electron chi connectivity index (χ2n) is 4.21. The van der Waals surface area contributed by atoms with E-state index in [1.54, 1.807) is 17.0 Å². The first kappa shape index (κ1) is 15.3. The van der Waals surface area contributed by atoms with E-state index in [1.165, 1.54) is 6.07 Å². The highest BCUT2D eigenvalue weighted by Gasteiger charge is 2.13. The van der Waals surface area contributed by atoms with Gasteiger partial charge >= 0.3 is 5.97 Å². The van der Waals surface area contributed by atoms with Gasteiger partial charge in [-0.2, -0.15) is 0 Å². The van der Waals surface area contributed by atoms with Crippen molar-refractivity contribution in [3.05, 3.63) is 28.8 Å². The second kappa shape index (κ2) is 6.99. The number of aromatic carboxylic acids is 1. The minimum atomic E-state index is -1.08. The molecule has 1 aromatic rings. The quantitative estimate of drug-likeness (QED) is 0.803. The van der Waals surface area contributed by atoms with Gasteiger partial charge in [0.15, 0.2) is 0 Å². The van der Waals surface area contributed by atoms with E-state index in [9.17, 15) is 9.59 Å². The Kier molecular flexibility index (Phi) is 5.63. The molecule has 0 radical (unpaired) electrons. The Balaban J connectivity index is 2.98. The number of amides is 1. The van der Waals surface area contributed by atoms with Crippen molar-refractivity contribution in [2.75, 3.05) is 18.0 Å². The Morgan fingerprint density at radius 3 is 2.58 bits per heavy atom. The van der Waals surface area contributed by atoms with Gasteiger partial charge in [0.1, 0.15) is 0 Å². The number of halogens is 1. The zero-order chi connectivity index (χ0) is 14.4. The maximum atomic E-state index is 11.1. The highest BCUT2D eigenvalue weighted by atomic mass is 35.5. The summed E-state index contributed by atoms with van der Waals surface area (Å²) in [5, 5.41) is 9.06. The summed E-state index contributed by atoms with van der Waals surface area (Å²) in [4.78, 5) is 23.7. The lowest BCUT2D eigenvalue weighted by atomic mass is 10.2. The van der Waals surface area contributed by atoms with Crippen molar-refractivity contribution in [3.63, 3.8) is 0 Å². The Bertz CT molecular complexity index is 477. The van der Waals surface area contributed by atoms with E-state index in [0.717, 1.165) is 12.8 Å². The maximum absolute atomic E-state index is 11.1. The molecule has 3 N–H and O–H groups in total. The average molecular weight is 285 g/mol. The molecule has 0 fully saturated rings. The summed E-state index contributed by atoms with van der Waals surface area (Å²) in [6, 6.07) is 4.61. The molecule has 19 heavy (non-hydrogen) atoms. The monoisotopic (exact) mass is 284 g/mol. The first-order chi connectivity index (χ1) is 8.95. The molecule has 0 aliphatic carbocycles. The molecule has 0 heterocycles. The van der Waals surface area contributed by atoms with Crippen LogP contribution in [0.1, 0.15) is 30.1 Å². The largest absolute Gasteiger partial charge is 0.478 e. The summed E-state index contributed by atoms with van der Waals surface area (Å²) in [6.45, 7) is 2.80. The molecule has 0 aliphatic rings. The molecule has 1 rings (SSSR count). The van der Waals surface area contributed by atoms with Crippen LogP contribution in [0, 0.1) is 0 Å². The molecule has 5 nitrogen and oxygen atoms in total. The Morgan fingerprint density at radius 2 is 2.11 bits per heavy atom. The summed E-state index contributed by atoms with van der Waals surface area (Å²) in [5.41, 5.74) is 5.95. The first-order valence-electron chi connectivity index (χ1n) is 6.01. The number of carboxylic acid groups (broad SMARTS) is 1. The number of rotatable bonds is 7. The van der Waals surface area contributed by atoms with E-state index < -0.39 is 11.9 Å². The molecule has 0 spiro atoms. The van der Waals surface area contributed by atoms with Crippen LogP contribution in [0.4, 0.5) is 5.69 Å². The van der Waals surface area contributed by atoms with Crippen molar-refractivity contribution in [1.82, 2.24) is 0 Å². The molecule has 1 aromatic carbocycles. The Morgan fingerprint density at radius 1 is 1.42 bits per heavy atom. The number of primary amides is 1. The van der Waals surface area contributed by atoms with Gasteiger partial charge in [0.25, 0.3) is 0 Å². The number of anilines is 1. The lowest BCUT2D eigenvalue weighted by molar-refractivity contribution is -0.116. The van der Waals surface area contributed by atoms with Crippen LogP contribution < -0.4 is 10.6 Å². The molecule has 0 saturated carbocycles. The highest BCUT2D eigenvalue weighted by Crippen LogP contribution is 2.24. The van der Waals surface area contributed by atoms with Gasteiger partial charge in [-0.15, -0.1) is 0 Å². The summed E-state index contributed by atoms with van der Waals surface area (Å²) < 4.78 is 0. The van der Waals surface area contributed by atoms with Gasteiger partial charge in [-0.1, -0.05) is 24.9 Å². The van der Waals surface area contributed by atoms with Crippen LogP contribution in [0.3, 0.4) is 0 Å². The van der Waals surface area contributed by atoms with Crippen molar-refractivity contribution < 1.29 is 14.7 Å². The molecule has 0 atom stereocenters. The van der Waals surface area contributed by atoms with Crippen molar-refractivity contribution >= 4 is 29.2 Å². The zero-order valence-electron chi connectivity index (χ0n) is 10.7. The van der Waals surface area contributed by atoms with Crippen molar-refractivity contribution in [3.8, 4) is 0 Å². The Labute approximate surface area is 117 Å². The normalized spacial score (nSPS) is 10.2. The summed E-state index contributed by atoms with van der Waals surface area (Å²) in [7, 11) is 0. The predicted octanol–water partition coefficient (Wildman–Crippen LogP) is 2.13. The van der Waals surface area contributed by atoms with Crippen LogP contribution in [0.15, 0.2) is 18.2 Å². The van der Waals surface area contributed by atoms with Gasteiger partial charge in [-0.05, 0) is 24.6 Å². The van der Waals surface area contributed by atoms with Crippen molar-refractivity contribution in [2.45, 2.75) is 19.8 Å². The smallest absolute Gasteiger partial charge is 0.337 e. The molecule has 0 unspecified atom stereocenters. The lowest BCUT2D eigenvalue weighted by Gasteiger charge is -2.23. The van der Waals surface area contributed by atoms with E-state index >= 15 is 0 Å². The third-order valence-electron chi connectivity index (χ3n) is 2.68. The fourth-order valence-corrected chi connectivity index (χ4v) is 1.97. The fourth-order valence-electron chi connectivity index (χ4n) is 1.71. The van der Waals surface area contributed by atoms with Gasteiger partial charge in [-0.25, -0.2) is 4.79 Å². The van der Waals surface area contributed by atoms with Gasteiger partial charge < -0.3 is 15.7 Å². The van der Waals surface area contributed by atoms with E-state index in [2.05, 4.69) is 0 Å². The number of carboxylic acids is 1. The number of nitrogens with zero attached hydrogens (tertiary/aromatic N) is 1. The average Bonchev–Trinajstić information content (AvgIpc) is 2.33. The minimum absolute atomic E-state index is 0.0416. The van der Waals surface area contributed by atoms with Gasteiger partial charge in [-0.3, -0.25) is 4.79 Å². The second-order valence-corrected chi connectivity index (χ2v) is 4.62. The van der Waals surface area contributed by atoms with E-state index in [4.69, 9.17) is 22.4 Å². The third-order valence-corrected chi connectivity index (χ3v) is 2.99. The number of carbonyl (C=O) groups excluding carboxylic acids is 1. The molecule has 0 aliphatic heterocycles. The van der Waals surface area contributed by atoms with Crippen LogP contribution in [0.2, 0.25) is 5.02 Å². The summed E-state index contributed by atoms with van der Waals surface area (Å²) in [5.74, 6) is -1.51. The summed E-state index contributed by atoms with van der Waals surface area (Å²) >= 11 is 5.92. The molecular formula is C13H17ClN2O3. The first-order valence-corrected chi connectivity index (χ1v) is 6.39. The third kappa shape index (κ3) is 4.44. The van der Waals surface area contributed by atoms with Crippen LogP contribution in [-0.2, 0) is 4.79 Å². The maximum Gasteiger partial charge on any atom is 0.337 e. The van der Waals surface area contributed by atoms with Crippen LogP contribution in [0.5, 0.6) is 0 Å². The van der Waals surface area contributed by atoms with E-state index in [1.807, 2.05) is 6.92 Å². The van der Waals surface area contributed by atoms with Gasteiger partial charge in [0.2, 0.25) is 5.91 Å². The van der Waals surface area contributed by atoms with E-state index in [0.29, 0.717) is 12.2 Å². The molecule has 0 bridgehead atoms. The number of hydrogen-bond donors (Lipinski definition) is 2. The molecular weight excluding hydrogens is 268 g/mol. The van der Waals surface area contributed by atoms with Gasteiger partial charge in [0, 0.05) is 12.2 Å². The molecule has 0 saturated heterocycles. The lowest BCUT2D eigenvalue weighted by Crippen LogP contribution is -2.34. The SMILES string of the molecule is CCCCN(CC(N)=O)c1ccc(C(=O)O)c(Cl)c1. The van der Waals surface area contributed by atoms with Crippen LogP contribution >= 0.6 is 11.6 Å². The number of carbonyl (C=O) groups is 2. The molecule has 104 valence electrons. The zero-order valence-corrected chi connectivity index (χ0v) is 11.5. The van der Waals surface area contributed by atoms with Gasteiger partial charge in [0.05, 0.1) is 17.1 Å². The highest BCUT2D eigenvalue weighted by molar-refractivity contribution is 6.33. The summed E-state index contributed by atoms with van der Waals surface area (Å²) in [6.07, 6.45) is 1.89. The minimum Gasteiger partial charge on any atom is -0.478 e. The predicted molar refractivity (Wildman–Crippen MR) is 74.7 cm³/mol. The number of hydrogen-bond acceptors (Lipinski definition) is 3. The molecule has 0 aromatic heterocycles. The van der Waals surface area contributed by atoms with Crippen LogP contribution in [-0.4, -0.2) is 30.1 Å². The molecule has 1 amide bonds. The van der Waals surface area contributed by atoms with Crippen LogP contribution in [0.25, 0.3) is 0 Å². The number of unbranched alkanes of at least 4 members (excludes halogenated alkanes) is 1.